The highest BCUT2D eigenvalue weighted by Crippen LogP contribution is 2.40. The van der Waals surface area contributed by atoms with Crippen molar-refractivity contribution in [2.24, 2.45) is 4.99 Å². The first kappa shape index (κ1) is 7.98. The maximum Gasteiger partial charge on any atom is 0.0667 e. The number of fused-ring (bicyclic) bond motifs is 3. The van der Waals surface area contributed by atoms with E-state index in [2.05, 4.69) is 30.1 Å². The normalized spacial score (nSPS) is 20.2. The second-order valence-corrected chi connectivity index (χ2v) is 3.93. The summed E-state index contributed by atoms with van der Waals surface area (Å²) in [6, 6.07) is 4.41. The van der Waals surface area contributed by atoms with E-state index in [1.165, 1.54) is 40.8 Å². The zero-order valence-electron chi connectivity index (χ0n) is 8.38. The molecule has 0 radical (unpaired) electrons. The number of aryl methyl sites for hydroxylation is 1. The van der Waals surface area contributed by atoms with Crippen molar-refractivity contribution in [3.63, 3.8) is 0 Å². The fourth-order valence-corrected chi connectivity index (χ4v) is 2.54. The molecule has 0 N–H and O–H groups in total. The fraction of sp³-hybridized carbons (Fsp3) is 0.308. The van der Waals surface area contributed by atoms with E-state index in [9.17, 15) is 0 Å². The van der Waals surface area contributed by atoms with Gasteiger partial charge in [0.25, 0.3) is 0 Å². The van der Waals surface area contributed by atoms with Crippen molar-refractivity contribution in [2.45, 2.75) is 26.2 Å². The minimum absolute atomic E-state index is 1.02. The highest BCUT2D eigenvalue weighted by molar-refractivity contribution is 5.85. The molecule has 1 nitrogen and oxygen atoms in total. The molecule has 1 aromatic carbocycles. The molecular formula is C13H13N. The number of aliphatic imine (C=N–C) groups is 1. The Labute approximate surface area is 84.2 Å². The van der Waals surface area contributed by atoms with Gasteiger partial charge in [0.1, 0.15) is 0 Å². The van der Waals surface area contributed by atoms with E-state index in [-0.39, 0.29) is 0 Å². The summed E-state index contributed by atoms with van der Waals surface area (Å²) < 4.78 is 0. The lowest BCUT2D eigenvalue weighted by atomic mass is 9.98. The van der Waals surface area contributed by atoms with E-state index >= 15 is 0 Å². The lowest BCUT2D eigenvalue weighted by Gasteiger charge is -2.07. The van der Waals surface area contributed by atoms with E-state index < -0.39 is 0 Å². The van der Waals surface area contributed by atoms with Crippen molar-refractivity contribution in [1.29, 1.82) is 0 Å². The molecule has 1 aliphatic heterocycles. The van der Waals surface area contributed by atoms with E-state index in [0.29, 0.717) is 0 Å². The molecule has 0 atom stereocenters. The average Bonchev–Trinajstić information content (AvgIpc) is 2.82. The first-order chi connectivity index (χ1) is 6.90. The Bertz CT molecular complexity index is 453. The molecule has 1 heteroatoms. The molecule has 0 saturated carbocycles. The van der Waals surface area contributed by atoms with Gasteiger partial charge in [0.05, 0.1) is 5.69 Å². The Balaban J connectivity index is 2.28. The first-order valence-corrected chi connectivity index (χ1v) is 5.23. The molecule has 1 heterocycles. The van der Waals surface area contributed by atoms with E-state index in [0.717, 1.165) is 6.42 Å². The second-order valence-electron chi connectivity index (χ2n) is 3.93. The first-order valence-electron chi connectivity index (χ1n) is 5.23. The van der Waals surface area contributed by atoms with Gasteiger partial charge in [-0.1, -0.05) is 12.1 Å². The van der Waals surface area contributed by atoms with Crippen LogP contribution in [0.1, 0.15) is 30.0 Å². The lowest BCUT2D eigenvalue weighted by molar-refractivity contribution is 1.08. The molecule has 0 unspecified atom stereocenters. The average molecular weight is 183 g/mol. The molecule has 1 aliphatic carbocycles. The summed E-state index contributed by atoms with van der Waals surface area (Å²) in [7, 11) is 0. The van der Waals surface area contributed by atoms with Gasteiger partial charge in [-0.3, -0.25) is 4.99 Å². The summed E-state index contributed by atoms with van der Waals surface area (Å²) >= 11 is 0. The van der Waals surface area contributed by atoms with Crippen LogP contribution in [0.25, 0.3) is 5.57 Å². The van der Waals surface area contributed by atoms with Gasteiger partial charge in [-0.2, -0.15) is 0 Å². The maximum atomic E-state index is 4.39. The largest absolute Gasteiger partial charge is 0.261 e. The van der Waals surface area contributed by atoms with Crippen molar-refractivity contribution in [2.75, 3.05) is 0 Å². The van der Waals surface area contributed by atoms with Crippen LogP contribution in [0.4, 0.5) is 5.69 Å². The van der Waals surface area contributed by atoms with E-state index in [1.807, 2.05) is 6.21 Å². The van der Waals surface area contributed by atoms with Gasteiger partial charge in [0, 0.05) is 12.6 Å². The SMILES string of the molecule is C/C=C1\CCc2ccc3c(c21)CC=N3. The smallest absolute Gasteiger partial charge is 0.0667 e. The minimum atomic E-state index is 1.02. The van der Waals surface area contributed by atoms with Crippen LogP contribution in [-0.2, 0) is 12.8 Å². The number of hydrogen-bond acceptors (Lipinski definition) is 1. The van der Waals surface area contributed by atoms with Gasteiger partial charge in [-0.25, -0.2) is 0 Å². The summed E-state index contributed by atoms with van der Waals surface area (Å²) in [4.78, 5) is 4.39. The molecular weight excluding hydrogens is 170 g/mol. The van der Waals surface area contributed by atoms with Crippen LogP contribution in [0.15, 0.2) is 23.2 Å². The number of allylic oxidation sites excluding steroid dienone is 2. The summed E-state index contributed by atoms with van der Waals surface area (Å²) in [6.07, 6.45) is 7.72. The van der Waals surface area contributed by atoms with Crippen LogP contribution in [0.2, 0.25) is 0 Å². The van der Waals surface area contributed by atoms with Gasteiger partial charge >= 0.3 is 0 Å². The van der Waals surface area contributed by atoms with Crippen LogP contribution in [0.5, 0.6) is 0 Å². The Kier molecular flexibility index (Phi) is 1.60. The van der Waals surface area contributed by atoms with Crippen LogP contribution in [0, 0.1) is 0 Å². The molecule has 0 amide bonds. The van der Waals surface area contributed by atoms with Gasteiger partial charge in [0.15, 0.2) is 0 Å². The van der Waals surface area contributed by atoms with Crippen molar-refractivity contribution in [1.82, 2.24) is 0 Å². The Morgan fingerprint density at radius 1 is 1.29 bits per heavy atom. The molecule has 70 valence electrons. The third kappa shape index (κ3) is 0.926. The highest BCUT2D eigenvalue weighted by atomic mass is 14.7. The zero-order chi connectivity index (χ0) is 9.54. The summed E-state index contributed by atoms with van der Waals surface area (Å²) in [5, 5.41) is 0. The van der Waals surface area contributed by atoms with Crippen LogP contribution in [-0.4, -0.2) is 6.21 Å². The zero-order valence-corrected chi connectivity index (χ0v) is 8.38. The fourth-order valence-electron chi connectivity index (χ4n) is 2.54. The monoisotopic (exact) mass is 183 g/mol. The maximum absolute atomic E-state index is 4.39. The van der Waals surface area contributed by atoms with Gasteiger partial charge in [-0.05, 0) is 48.1 Å². The van der Waals surface area contributed by atoms with Crippen LogP contribution < -0.4 is 0 Å². The topological polar surface area (TPSA) is 12.4 Å². The molecule has 2 aliphatic rings. The molecule has 14 heavy (non-hydrogen) atoms. The van der Waals surface area contributed by atoms with Crippen molar-refractivity contribution < 1.29 is 0 Å². The lowest BCUT2D eigenvalue weighted by Crippen LogP contribution is -1.90. The molecule has 0 aromatic heterocycles. The van der Waals surface area contributed by atoms with Crippen molar-refractivity contribution in [3.05, 3.63) is 34.9 Å². The number of hydrogen-bond donors (Lipinski definition) is 0. The van der Waals surface area contributed by atoms with E-state index in [1.54, 1.807) is 0 Å². The van der Waals surface area contributed by atoms with Gasteiger partial charge in [-0.15, -0.1) is 0 Å². The standard InChI is InChI=1S/C13H13N/c1-2-9-3-4-10-5-6-12-11(13(9)10)7-8-14-12/h2,5-6,8H,3-4,7H2,1H3/b9-2+. The summed E-state index contributed by atoms with van der Waals surface area (Å²) in [6.45, 7) is 2.14. The predicted octanol–water partition coefficient (Wildman–Crippen LogP) is 3.29. The third-order valence-corrected chi connectivity index (χ3v) is 3.23. The van der Waals surface area contributed by atoms with Crippen LogP contribution in [0.3, 0.4) is 0 Å². The molecule has 0 spiro atoms. The Morgan fingerprint density at radius 3 is 3.07 bits per heavy atom. The Hall–Kier alpha value is -1.37. The molecule has 3 rings (SSSR count). The molecule has 1 aromatic rings. The quantitative estimate of drug-likeness (QED) is 0.585. The Morgan fingerprint density at radius 2 is 2.21 bits per heavy atom. The number of rotatable bonds is 0. The third-order valence-electron chi connectivity index (χ3n) is 3.23. The van der Waals surface area contributed by atoms with Crippen molar-refractivity contribution >= 4 is 17.5 Å². The molecule has 0 bridgehead atoms. The molecule has 0 fully saturated rings. The highest BCUT2D eigenvalue weighted by Gasteiger charge is 2.22. The predicted molar refractivity (Wildman–Crippen MR) is 60.3 cm³/mol. The van der Waals surface area contributed by atoms with Gasteiger partial charge in [0.2, 0.25) is 0 Å². The van der Waals surface area contributed by atoms with Crippen molar-refractivity contribution in [3.8, 4) is 0 Å². The second kappa shape index (κ2) is 2.81. The summed E-state index contributed by atoms with van der Waals surface area (Å²) in [5.74, 6) is 0. The molecule has 0 saturated heterocycles. The van der Waals surface area contributed by atoms with E-state index in [4.69, 9.17) is 0 Å². The minimum Gasteiger partial charge on any atom is -0.261 e. The number of benzene rings is 1. The van der Waals surface area contributed by atoms with Gasteiger partial charge < -0.3 is 0 Å². The number of nitrogens with zero attached hydrogens (tertiary/aromatic N) is 1. The van der Waals surface area contributed by atoms with Crippen LogP contribution >= 0.6 is 0 Å². The summed E-state index contributed by atoms with van der Waals surface area (Å²) in [5.41, 5.74) is 7.17.